The first-order valence-electron chi connectivity index (χ1n) is 10.3. The molecule has 1 aromatic heterocycles. The number of nitrogens with one attached hydrogen (secondary N) is 1. The second-order valence-corrected chi connectivity index (χ2v) is 11.0. The molecule has 2 atom stereocenters. The van der Waals surface area contributed by atoms with E-state index < -0.39 is 20.6 Å². The van der Waals surface area contributed by atoms with Crippen molar-refractivity contribution in [2.24, 2.45) is 10.1 Å². The number of carbonyl (C=O) groups is 1. The third kappa shape index (κ3) is 5.73. The minimum atomic E-state index is -2.55. The number of halogens is 1. The zero-order chi connectivity index (χ0) is 23.3. The van der Waals surface area contributed by atoms with E-state index in [1.807, 2.05) is 6.08 Å². The fourth-order valence-electron chi connectivity index (χ4n) is 3.36. The lowest BCUT2D eigenvalue weighted by atomic mass is 10.1. The van der Waals surface area contributed by atoms with Crippen LogP contribution in [0.25, 0.3) is 0 Å². The third-order valence-electron chi connectivity index (χ3n) is 5.17. The number of ether oxygens (including phenoxy) is 1. The summed E-state index contributed by atoms with van der Waals surface area (Å²) in [6.45, 7) is 1.09. The van der Waals surface area contributed by atoms with Gasteiger partial charge in [0.15, 0.2) is 22.6 Å². The summed E-state index contributed by atoms with van der Waals surface area (Å²) in [6.07, 6.45) is 7.20. The second-order valence-electron chi connectivity index (χ2n) is 7.46. The monoisotopic (exact) mass is 490 g/mol. The van der Waals surface area contributed by atoms with Crippen LogP contribution >= 0.6 is 11.3 Å². The van der Waals surface area contributed by atoms with Crippen LogP contribution < -0.4 is 5.32 Å². The lowest BCUT2D eigenvalue weighted by Crippen LogP contribution is -2.25. The van der Waals surface area contributed by atoms with Crippen LogP contribution in [0.1, 0.15) is 24.8 Å². The average molecular weight is 491 g/mol. The van der Waals surface area contributed by atoms with Crippen molar-refractivity contribution in [2.45, 2.75) is 29.4 Å². The van der Waals surface area contributed by atoms with Gasteiger partial charge < -0.3 is 9.57 Å². The Balaban J connectivity index is 1.56. The Kier molecular flexibility index (Phi) is 7.31. The maximum Gasteiger partial charge on any atom is 0.280 e. The summed E-state index contributed by atoms with van der Waals surface area (Å²) < 4.78 is 31.8. The number of oxime groups is 1. The van der Waals surface area contributed by atoms with E-state index in [0.717, 1.165) is 24.7 Å². The van der Waals surface area contributed by atoms with Crippen molar-refractivity contribution in [2.75, 3.05) is 25.1 Å². The fourth-order valence-corrected chi connectivity index (χ4v) is 5.67. The normalized spacial score (nSPS) is 20.2. The summed E-state index contributed by atoms with van der Waals surface area (Å²) in [6, 6.07) is 6.61. The summed E-state index contributed by atoms with van der Waals surface area (Å²) in [4.78, 5) is 26.9. The third-order valence-corrected chi connectivity index (χ3v) is 8.39. The Morgan fingerprint density at radius 2 is 2.18 bits per heavy atom. The molecule has 11 heteroatoms. The van der Waals surface area contributed by atoms with Gasteiger partial charge in [-0.15, -0.1) is 0 Å². The zero-order valence-corrected chi connectivity index (χ0v) is 19.4. The molecule has 2 aromatic rings. The number of carbonyl (C=O) groups excluding carboxylic acids is 1. The summed E-state index contributed by atoms with van der Waals surface area (Å²) in [5.41, 5.74) is 1.13. The number of amides is 1. The standard InChI is InChI=1S/C22H23FN4O4S2/c1-33(29,18-9-11-30-14-18)17-7-5-15(6-8-17)20(21(28)26-22-25-12-19(23)32-22)27-31-13-16-4-2-3-10-24-16/h4-8,10,12,18H,1-3,9,11,13-14H2,(H,25,26,28)/b27-20+/t18-,33?/m0/s1. The summed E-state index contributed by atoms with van der Waals surface area (Å²) >= 11 is 0.703. The molecule has 1 N–H and O–H groups in total. The molecular weight excluding hydrogens is 467 g/mol. The summed E-state index contributed by atoms with van der Waals surface area (Å²) in [7, 11) is -2.55. The smallest absolute Gasteiger partial charge is 0.280 e. The molecule has 0 spiro atoms. The maximum absolute atomic E-state index is 13.3. The number of hydrogen-bond donors (Lipinski definition) is 1. The molecule has 174 valence electrons. The molecular formula is C22H23FN4O4S2. The molecule has 8 nitrogen and oxygen atoms in total. The molecule has 2 aliphatic heterocycles. The van der Waals surface area contributed by atoms with Crippen LogP contribution in [0.4, 0.5) is 9.52 Å². The Bertz CT molecular complexity index is 1200. The fraction of sp³-hybridized carbons (Fsp3) is 0.318. The molecule has 1 fully saturated rings. The van der Waals surface area contributed by atoms with E-state index in [2.05, 4.69) is 26.3 Å². The largest absolute Gasteiger partial charge is 0.389 e. The molecule has 1 amide bonds. The van der Waals surface area contributed by atoms with Crippen LogP contribution in [0.5, 0.6) is 0 Å². The van der Waals surface area contributed by atoms with Crippen LogP contribution in [0.3, 0.4) is 0 Å². The van der Waals surface area contributed by atoms with E-state index in [9.17, 15) is 13.4 Å². The van der Waals surface area contributed by atoms with E-state index in [-0.39, 0.29) is 22.7 Å². The van der Waals surface area contributed by atoms with Crippen molar-refractivity contribution in [1.29, 1.82) is 0 Å². The van der Waals surface area contributed by atoms with Gasteiger partial charge in [0.2, 0.25) is 0 Å². The topological polar surface area (TPSA) is 102 Å². The molecule has 33 heavy (non-hydrogen) atoms. The van der Waals surface area contributed by atoms with Gasteiger partial charge in [-0.1, -0.05) is 34.7 Å². The predicted octanol–water partition coefficient (Wildman–Crippen LogP) is 3.25. The number of anilines is 1. The van der Waals surface area contributed by atoms with Gasteiger partial charge >= 0.3 is 0 Å². The summed E-state index contributed by atoms with van der Waals surface area (Å²) in [5.74, 6) is 3.33. The zero-order valence-electron chi connectivity index (χ0n) is 17.7. The number of benzene rings is 1. The highest BCUT2D eigenvalue weighted by molar-refractivity contribution is 8.01. The highest BCUT2D eigenvalue weighted by atomic mass is 32.2. The molecule has 1 saturated heterocycles. The lowest BCUT2D eigenvalue weighted by molar-refractivity contribution is -0.110. The van der Waals surface area contributed by atoms with Crippen molar-refractivity contribution in [3.63, 3.8) is 0 Å². The highest BCUT2D eigenvalue weighted by Gasteiger charge is 2.26. The Morgan fingerprint density at radius 3 is 2.82 bits per heavy atom. The number of aliphatic imine (C=N–C) groups is 1. The quantitative estimate of drug-likeness (QED) is 0.348. The van der Waals surface area contributed by atoms with Gasteiger partial charge in [0, 0.05) is 32.8 Å². The molecule has 4 rings (SSSR count). The highest BCUT2D eigenvalue weighted by Crippen LogP contribution is 2.23. The molecule has 0 aliphatic carbocycles. The van der Waals surface area contributed by atoms with Gasteiger partial charge in [-0.05, 0) is 37.3 Å². The van der Waals surface area contributed by atoms with E-state index in [1.165, 1.54) is 0 Å². The lowest BCUT2D eigenvalue weighted by Gasteiger charge is -2.16. The van der Waals surface area contributed by atoms with Gasteiger partial charge in [0.05, 0.1) is 23.8 Å². The maximum atomic E-state index is 13.3. The molecule has 0 radical (unpaired) electrons. The number of allylic oxidation sites excluding steroid dienone is 1. The van der Waals surface area contributed by atoms with Crippen molar-refractivity contribution in [3.05, 3.63) is 52.9 Å². The van der Waals surface area contributed by atoms with Crippen LogP contribution in [0, 0.1) is 5.13 Å². The first-order valence-corrected chi connectivity index (χ1v) is 12.9. The molecule has 3 heterocycles. The van der Waals surface area contributed by atoms with Gasteiger partial charge in [-0.25, -0.2) is 4.98 Å². The van der Waals surface area contributed by atoms with Gasteiger partial charge in [-0.2, -0.15) is 4.39 Å². The number of rotatable bonds is 8. The minimum Gasteiger partial charge on any atom is -0.389 e. The van der Waals surface area contributed by atoms with Gasteiger partial charge in [-0.3, -0.25) is 19.3 Å². The second kappa shape index (κ2) is 10.4. The first kappa shape index (κ1) is 23.3. The number of thiazole rings is 1. The van der Waals surface area contributed by atoms with E-state index in [0.29, 0.717) is 41.4 Å². The van der Waals surface area contributed by atoms with Crippen LogP contribution in [-0.4, -0.2) is 58.0 Å². The average Bonchev–Trinajstić information content (AvgIpc) is 3.50. The van der Waals surface area contributed by atoms with Crippen molar-refractivity contribution >= 4 is 49.7 Å². The Morgan fingerprint density at radius 1 is 1.36 bits per heavy atom. The van der Waals surface area contributed by atoms with Gasteiger partial charge in [0.25, 0.3) is 5.91 Å². The minimum absolute atomic E-state index is 0.0303. The molecule has 2 aliphatic rings. The number of hydrogen-bond acceptors (Lipinski definition) is 8. The number of aromatic nitrogens is 1. The number of nitrogens with zero attached hydrogens (tertiary/aromatic N) is 3. The molecule has 0 bridgehead atoms. The van der Waals surface area contributed by atoms with E-state index >= 15 is 0 Å². The van der Waals surface area contributed by atoms with E-state index in [4.69, 9.17) is 9.57 Å². The molecule has 1 aromatic carbocycles. The van der Waals surface area contributed by atoms with Crippen molar-refractivity contribution in [3.8, 4) is 0 Å². The summed E-state index contributed by atoms with van der Waals surface area (Å²) in [5, 5.41) is 5.99. The SMILES string of the molecule is C=S(=O)(c1ccc(/C(=N\OCC2=CCCC=N2)C(=O)Nc2ncc(F)s2)cc1)[C@H]1CCOC1. The Labute approximate surface area is 195 Å². The van der Waals surface area contributed by atoms with E-state index in [1.54, 1.807) is 30.5 Å². The van der Waals surface area contributed by atoms with Gasteiger partial charge in [0.1, 0.15) is 0 Å². The first-order chi connectivity index (χ1) is 15.9. The van der Waals surface area contributed by atoms with Crippen LogP contribution in [-0.2, 0) is 23.9 Å². The van der Waals surface area contributed by atoms with Crippen molar-refractivity contribution in [1.82, 2.24) is 4.98 Å². The molecule has 1 unspecified atom stereocenters. The van der Waals surface area contributed by atoms with Crippen molar-refractivity contribution < 1.29 is 23.0 Å². The van der Waals surface area contributed by atoms with Crippen LogP contribution in [0.2, 0.25) is 0 Å². The van der Waals surface area contributed by atoms with Crippen LogP contribution in [0.15, 0.2) is 57.3 Å². The Hall–Kier alpha value is -2.89. The predicted molar refractivity (Wildman–Crippen MR) is 128 cm³/mol. The molecule has 0 saturated carbocycles.